The molecule has 0 radical (unpaired) electrons. The first kappa shape index (κ1) is 14.9. The first-order valence-corrected chi connectivity index (χ1v) is 9.04. The number of hydrogen-bond acceptors (Lipinski definition) is 3. The van der Waals surface area contributed by atoms with Crippen molar-refractivity contribution in [2.24, 2.45) is 5.92 Å². The third-order valence-electron chi connectivity index (χ3n) is 4.00. The molecule has 2 N–H and O–H groups in total. The van der Waals surface area contributed by atoms with E-state index in [1.807, 2.05) is 0 Å². The SMILES string of the molecule is O=S(=O)(NCCC1CC1)c1ccc(CNC2CC2)cc1F. The predicted octanol–water partition coefficient (Wildman–Crippen LogP) is 2.16. The molecule has 4 nitrogen and oxygen atoms in total. The standard InChI is InChI=1S/C15H21FN2O2S/c16-14-9-12(10-17-13-4-5-13)3-6-15(14)21(19,20)18-8-7-11-1-2-11/h3,6,9,11,13,17-18H,1-2,4-5,7-8,10H2. The van der Waals surface area contributed by atoms with Gasteiger partial charge in [-0.05, 0) is 42.9 Å². The molecule has 2 aliphatic carbocycles. The molecule has 2 aliphatic rings. The van der Waals surface area contributed by atoms with Crippen molar-refractivity contribution in [3.05, 3.63) is 29.6 Å². The second-order valence-electron chi connectivity index (χ2n) is 6.05. The van der Waals surface area contributed by atoms with Gasteiger partial charge in [0.1, 0.15) is 10.7 Å². The minimum atomic E-state index is -3.74. The van der Waals surface area contributed by atoms with Crippen LogP contribution in [0.25, 0.3) is 0 Å². The fraction of sp³-hybridized carbons (Fsp3) is 0.600. The topological polar surface area (TPSA) is 58.2 Å². The summed E-state index contributed by atoms with van der Waals surface area (Å²) in [7, 11) is -3.74. The molecular weight excluding hydrogens is 291 g/mol. The lowest BCUT2D eigenvalue weighted by molar-refractivity contribution is 0.551. The number of halogens is 1. The maximum Gasteiger partial charge on any atom is 0.243 e. The highest BCUT2D eigenvalue weighted by molar-refractivity contribution is 7.89. The van der Waals surface area contributed by atoms with Crippen LogP contribution in [-0.2, 0) is 16.6 Å². The Morgan fingerprint density at radius 1 is 1.19 bits per heavy atom. The van der Waals surface area contributed by atoms with Gasteiger partial charge < -0.3 is 5.32 Å². The van der Waals surface area contributed by atoms with Crippen LogP contribution in [-0.4, -0.2) is 21.0 Å². The molecule has 21 heavy (non-hydrogen) atoms. The van der Waals surface area contributed by atoms with Gasteiger partial charge in [0.2, 0.25) is 10.0 Å². The largest absolute Gasteiger partial charge is 0.310 e. The smallest absolute Gasteiger partial charge is 0.243 e. The molecule has 0 heterocycles. The maximum absolute atomic E-state index is 14.0. The van der Waals surface area contributed by atoms with E-state index in [-0.39, 0.29) is 4.90 Å². The van der Waals surface area contributed by atoms with E-state index in [1.54, 1.807) is 6.07 Å². The Morgan fingerprint density at radius 3 is 2.57 bits per heavy atom. The zero-order valence-electron chi connectivity index (χ0n) is 11.9. The van der Waals surface area contributed by atoms with Crippen molar-refractivity contribution in [3.8, 4) is 0 Å². The molecule has 6 heteroatoms. The van der Waals surface area contributed by atoms with Gasteiger partial charge in [0, 0.05) is 19.1 Å². The lowest BCUT2D eigenvalue weighted by Gasteiger charge is -2.09. The monoisotopic (exact) mass is 312 g/mol. The van der Waals surface area contributed by atoms with Crippen LogP contribution in [0.4, 0.5) is 4.39 Å². The number of hydrogen-bond donors (Lipinski definition) is 2. The van der Waals surface area contributed by atoms with Crippen LogP contribution < -0.4 is 10.0 Å². The normalized spacial score (nSPS) is 18.9. The molecule has 116 valence electrons. The van der Waals surface area contributed by atoms with Crippen LogP contribution in [0.15, 0.2) is 23.1 Å². The highest BCUT2D eigenvalue weighted by Crippen LogP contribution is 2.31. The van der Waals surface area contributed by atoms with Crippen molar-refractivity contribution >= 4 is 10.0 Å². The van der Waals surface area contributed by atoms with Gasteiger partial charge in [0.05, 0.1) is 0 Å². The summed E-state index contributed by atoms with van der Waals surface area (Å²) in [6.45, 7) is 0.967. The average molecular weight is 312 g/mol. The minimum Gasteiger partial charge on any atom is -0.310 e. The summed E-state index contributed by atoms with van der Waals surface area (Å²) in [5, 5.41) is 3.28. The van der Waals surface area contributed by atoms with Crippen LogP contribution in [0, 0.1) is 11.7 Å². The third kappa shape index (κ3) is 4.25. The predicted molar refractivity (Wildman–Crippen MR) is 78.8 cm³/mol. The highest BCUT2D eigenvalue weighted by atomic mass is 32.2. The van der Waals surface area contributed by atoms with Gasteiger partial charge in [-0.25, -0.2) is 17.5 Å². The second-order valence-corrected chi connectivity index (χ2v) is 7.79. The molecule has 2 fully saturated rings. The Morgan fingerprint density at radius 2 is 1.95 bits per heavy atom. The van der Waals surface area contributed by atoms with Gasteiger partial charge in [-0.15, -0.1) is 0 Å². The lowest BCUT2D eigenvalue weighted by Crippen LogP contribution is -2.26. The van der Waals surface area contributed by atoms with Crippen molar-refractivity contribution in [2.75, 3.05) is 6.54 Å². The van der Waals surface area contributed by atoms with Crippen LogP contribution in [0.1, 0.15) is 37.7 Å². The lowest BCUT2D eigenvalue weighted by atomic mass is 10.2. The molecular formula is C15H21FN2O2S. The second kappa shape index (κ2) is 6.02. The first-order valence-electron chi connectivity index (χ1n) is 7.56. The summed E-state index contributed by atoms with van der Waals surface area (Å²) in [6, 6.07) is 4.89. The molecule has 0 unspecified atom stereocenters. The average Bonchev–Trinajstić information content (AvgIpc) is 3.30. The molecule has 1 aromatic rings. The number of benzene rings is 1. The molecule has 0 aliphatic heterocycles. The van der Waals surface area contributed by atoms with E-state index in [4.69, 9.17) is 0 Å². The van der Waals surface area contributed by atoms with E-state index in [9.17, 15) is 12.8 Å². The van der Waals surface area contributed by atoms with E-state index in [1.165, 1.54) is 37.8 Å². The van der Waals surface area contributed by atoms with Crippen molar-refractivity contribution in [2.45, 2.75) is 49.6 Å². The highest BCUT2D eigenvalue weighted by Gasteiger charge is 2.24. The summed E-state index contributed by atoms with van der Waals surface area (Å²) in [4.78, 5) is -0.256. The van der Waals surface area contributed by atoms with E-state index < -0.39 is 15.8 Å². The Labute approximate surface area is 125 Å². The quantitative estimate of drug-likeness (QED) is 0.773. The van der Waals surface area contributed by atoms with Crippen molar-refractivity contribution < 1.29 is 12.8 Å². The molecule has 3 rings (SSSR count). The maximum atomic E-state index is 14.0. The summed E-state index contributed by atoms with van der Waals surface area (Å²) in [6.07, 6.45) is 5.53. The fourth-order valence-corrected chi connectivity index (χ4v) is 3.41. The Kier molecular flexibility index (Phi) is 4.28. The van der Waals surface area contributed by atoms with Crippen LogP contribution >= 0.6 is 0 Å². The summed E-state index contributed by atoms with van der Waals surface area (Å²) in [5.74, 6) is -0.0301. The first-order chi connectivity index (χ1) is 10.0. The van der Waals surface area contributed by atoms with Gasteiger partial charge in [-0.3, -0.25) is 0 Å². The molecule has 2 saturated carbocycles. The van der Waals surface area contributed by atoms with Gasteiger partial charge >= 0.3 is 0 Å². The van der Waals surface area contributed by atoms with Crippen LogP contribution in [0.5, 0.6) is 0 Å². The summed E-state index contributed by atoms with van der Waals surface area (Å²) >= 11 is 0. The van der Waals surface area contributed by atoms with E-state index in [0.29, 0.717) is 25.0 Å². The molecule has 0 aromatic heterocycles. The zero-order valence-corrected chi connectivity index (χ0v) is 12.8. The van der Waals surface area contributed by atoms with Gasteiger partial charge in [-0.1, -0.05) is 18.9 Å². The van der Waals surface area contributed by atoms with Gasteiger partial charge in [0.15, 0.2) is 0 Å². The Balaban J connectivity index is 1.61. The molecule has 0 saturated heterocycles. The fourth-order valence-electron chi connectivity index (χ4n) is 2.30. The zero-order chi connectivity index (χ0) is 14.9. The van der Waals surface area contributed by atoms with Crippen molar-refractivity contribution in [3.63, 3.8) is 0 Å². The summed E-state index contributed by atoms with van der Waals surface area (Å²) < 4.78 is 40.7. The molecule has 1 aromatic carbocycles. The van der Waals surface area contributed by atoms with Gasteiger partial charge in [0.25, 0.3) is 0 Å². The molecule has 0 atom stereocenters. The van der Waals surface area contributed by atoms with Gasteiger partial charge in [-0.2, -0.15) is 0 Å². The molecule has 0 bridgehead atoms. The van der Waals surface area contributed by atoms with E-state index >= 15 is 0 Å². The van der Waals surface area contributed by atoms with E-state index in [2.05, 4.69) is 10.0 Å². The molecule has 0 amide bonds. The van der Waals surface area contributed by atoms with E-state index in [0.717, 1.165) is 12.0 Å². The number of sulfonamides is 1. The number of nitrogens with one attached hydrogen (secondary N) is 2. The van der Waals surface area contributed by atoms with Crippen LogP contribution in [0.3, 0.4) is 0 Å². The Hall–Kier alpha value is -0.980. The van der Waals surface area contributed by atoms with Crippen LogP contribution in [0.2, 0.25) is 0 Å². The van der Waals surface area contributed by atoms with Crippen molar-refractivity contribution in [1.29, 1.82) is 0 Å². The minimum absolute atomic E-state index is 0.256. The third-order valence-corrected chi connectivity index (χ3v) is 5.49. The Bertz CT molecular complexity index is 610. The van der Waals surface area contributed by atoms with Crippen molar-refractivity contribution in [1.82, 2.24) is 10.0 Å². The molecule has 0 spiro atoms. The summed E-state index contributed by atoms with van der Waals surface area (Å²) in [5.41, 5.74) is 0.774. The number of rotatable bonds is 8.